The van der Waals surface area contributed by atoms with Crippen molar-refractivity contribution in [2.45, 2.75) is 13.8 Å². The number of hydrogen-bond donors (Lipinski definition) is 0. The summed E-state index contributed by atoms with van der Waals surface area (Å²) in [4.78, 5) is 0. The maximum absolute atomic E-state index is 5.20. The Kier molecular flexibility index (Phi) is 5.57. The first-order valence-corrected chi connectivity index (χ1v) is 4.94. The molecular formula is C7H14OSi. The molecule has 1 nitrogen and oxygen atoms in total. The second-order valence-electron chi connectivity index (χ2n) is 1.75. The molecule has 0 aromatic rings. The van der Waals surface area contributed by atoms with Crippen LogP contribution in [0.15, 0.2) is 23.6 Å². The summed E-state index contributed by atoms with van der Waals surface area (Å²) in [6.45, 7) is 4.03. The van der Waals surface area contributed by atoms with Crippen LogP contribution in [0.2, 0.25) is 0 Å². The van der Waals surface area contributed by atoms with E-state index in [1.54, 1.807) is 7.11 Å². The van der Waals surface area contributed by atoms with Crippen LogP contribution in [0.3, 0.4) is 0 Å². The minimum atomic E-state index is -1.07. The van der Waals surface area contributed by atoms with Crippen LogP contribution >= 0.6 is 0 Å². The van der Waals surface area contributed by atoms with Gasteiger partial charge in [-0.05, 0) is 13.8 Å². The molecule has 0 atom stereocenters. The summed E-state index contributed by atoms with van der Waals surface area (Å²) in [6.07, 6.45) is 4.08. The van der Waals surface area contributed by atoms with E-state index in [1.165, 1.54) is 0 Å². The van der Waals surface area contributed by atoms with Gasteiger partial charge in [0.05, 0.1) is 0 Å². The molecule has 0 bridgehead atoms. The number of rotatable bonds is 3. The Bertz CT molecular complexity index is 95.5. The lowest BCUT2D eigenvalue weighted by Crippen LogP contribution is -2.08. The van der Waals surface area contributed by atoms with Gasteiger partial charge in [-0.3, -0.25) is 0 Å². The summed E-state index contributed by atoms with van der Waals surface area (Å²) in [6, 6.07) is 0. The van der Waals surface area contributed by atoms with Crippen molar-refractivity contribution in [1.82, 2.24) is 0 Å². The van der Waals surface area contributed by atoms with Gasteiger partial charge in [0.2, 0.25) is 9.04 Å². The average molecular weight is 142 g/mol. The molecule has 52 valence electrons. The van der Waals surface area contributed by atoms with E-state index in [0.717, 1.165) is 0 Å². The topological polar surface area (TPSA) is 9.23 Å². The van der Waals surface area contributed by atoms with Crippen LogP contribution in [0.1, 0.15) is 13.8 Å². The van der Waals surface area contributed by atoms with E-state index in [9.17, 15) is 0 Å². The Balaban J connectivity index is 3.68. The van der Waals surface area contributed by atoms with E-state index in [4.69, 9.17) is 4.43 Å². The van der Waals surface area contributed by atoms with Crippen molar-refractivity contribution in [2.75, 3.05) is 7.11 Å². The van der Waals surface area contributed by atoms with Crippen molar-refractivity contribution >= 4 is 9.04 Å². The molecule has 0 aromatic carbocycles. The van der Waals surface area contributed by atoms with E-state index >= 15 is 0 Å². The SMILES string of the molecule is CC=C[SiH](C=CC)OC. The quantitative estimate of drug-likeness (QED) is 0.544. The standard InChI is InChI=1S/C7H14OSi/c1-4-6-9(8-3)7-5-2/h4-7,9H,1-3H3. The van der Waals surface area contributed by atoms with Crippen molar-refractivity contribution in [1.29, 1.82) is 0 Å². The molecular weight excluding hydrogens is 128 g/mol. The van der Waals surface area contributed by atoms with Crippen molar-refractivity contribution in [3.63, 3.8) is 0 Å². The fourth-order valence-corrected chi connectivity index (χ4v) is 1.80. The molecule has 0 saturated heterocycles. The fraction of sp³-hybridized carbons (Fsp3) is 0.429. The maximum atomic E-state index is 5.20. The predicted octanol–water partition coefficient (Wildman–Crippen LogP) is 1.59. The Hall–Kier alpha value is -0.343. The summed E-state index contributed by atoms with van der Waals surface area (Å²) in [7, 11) is 0.687. The van der Waals surface area contributed by atoms with Gasteiger partial charge in [0, 0.05) is 7.11 Å². The Labute approximate surface area is 58.8 Å². The molecule has 0 fully saturated rings. The normalized spacial score (nSPS) is 15.4. The molecule has 2 heteroatoms. The lowest BCUT2D eigenvalue weighted by molar-refractivity contribution is 0.437. The van der Waals surface area contributed by atoms with Gasteiger partial charge in [0.25, 0.3) is 0 Å². The van der Waals surface area contributed by atoms with E-state index in [1.807, 2.05) is 26.0 Å². The van der Waals surface area contributed by atoms with Crippen molar-refractivity contribution in [3.05, 3.63) is 23.6 Å². The summed E-state index contributed by atoms with van der Waals surface area (Å²) in [5.41, 5.74) is 4.28. The lowest BCUT2D eigenvalue weighted by Gasteiger charge is -1.99. The first-order chi connectivity index (χ1) is 4.35. The highest BCUT2D eigenvalue weighted by Crippen LogP contribution is 1.88. The molecule has 0 heterocycles. The molecule has 0 saturated carbocycles. The largest absolute Gasteiger partial charge is 0.415 e. The summed E-state index contributed by atoms with van der Waals surface area (Å²) in [5.74, 6) is 0. The van der Waals surface area contributed by atoms with E-state index in [0.29, 0.717) is 0 Å². The minimum Gasteiger partial charge on any atom is -0.415 e. The molecule has 0 aliphatic heterocycles. The molecule has 0 unspecified atom stereocenters. The zero-order chi connectivity index (χ0) is 7.11. The average Bonchev–Trinajstić information content (AvgIpc) is 1.88. The molecule has 0 radical (unpaired) electrons. The third kappa shape index (κ3) is 4.18. The van der Waals surface area contributed by atoms with Gasteiger partial charge in [-0.1, -0.05) is 23.6 Å². The Morgan fingerprint density at radius 3 is 1.78 bits per heavy atom. The molecule has 0 rings (SSSR count). The molecule has 0 amide bonds. The molecule has 0 aliphatic carbocycles. The van der Waals surface area contributed by atoms with Crippen LogP contribution in [0, 0.1) is 0 Å². The van der Waals surface area contributed by atoms with E-state index < -0.39 is 9.04 Å². The third-order valence-electron chi connectivity index (χ3n) is 1.04. The van der Waals surface area contributed by atoms with Crippen LogP contribution < -0.4 is 0 Å². The van der Waals surface area contributed by atoms with Crippen LogP contribution in [0.25, 0.3) is 0 Å². The highest BCUT2D eigenvalue weighted by molar-refractivity contribution is 6.63. The molecule has 0 aromatic heterocycles. The highest BCUT2D eigenvalue weighted by Gasteiger charge is 1.95. The lowest BCUT2D eigenvalue weighted by atomic mass is 10.8. The molecule has 0 spiro atoms. The maximum Gasteiger partial charge on any atom is 0.224 e. The van der Waals surface area contributed by atoms with Crippen LogP contribution in [0.5, 0.6) is 0 Å². The van der Waals surface area contributed by atoms with Gasteiger partial charge in [-0.2, -0.15) is 0 Å². The summed E-state index contributed by atoms with van der Waals surface area (Å²) in [5, 5.41) is 0. The molecule has 0 aliphatic rings. The zero-order valence-electron chi connectivity index (χ0n) is 6.29. The van der Waals surface area contributed by atoms with Gasteiger partial charge in [0.1, 0.15) is 0 Å². The van der Waals surface area contributed by atoms with Crippen molar-refractivity contribution < 1.29 is 4.43 Å². The minimum absolute atomic E-state index is 1.07. The second kappa shape index (κ2) is 5.79. The Morgan fingerprint density at radius 1 is 1.11 bits per heavy atom. The molecule has 0 N–H and O–H groups in total. The number of allylic oxidation sites excluding steroid dienone is 2. The van der Waals surface area contributed by atoms with Crippen LogP contribution in [0.4, 0.5) is 0 Å². The van der Waals surface area contributed by atoms with Crippen molar-refractivity contribution in [2.24, 2.45) is 0 Å². The van der Waals surface area contributed by atoms with Crippen molar-refractivity contribution in [3.8, 4) is 0 Å². The smallest absolute Gasteiger partial charge is 0.224 e. The van der Waals surface area contributed by atoms with Crippen LogP contribution in [-0.2, 0) is 4.43 Å². The van der Waals surface area contributed by atoms with E-state index in [2.05, 4.69) is 11.4 Å². The van der Waals surface area contributed by atoms with Gasteiger partial charge in [-0.15, -0.1) is 0 Å². The van der Waals surface area contributed by atoms with Crippen LogP contribution in [-0.4, -0.2) is 16.2 Å². The monoisotopic (exact) mass is 142 g/mol. The highest BCUT2D eigenvalue weighted by atomic mass is 28.3. The zero-order valence-corrected chi connectivity index (χ0v) is 7.45. The Morgan fingerprint density at radius 2 is 1.56 bits per heavy atom. The van der Waals surface area contributed by atoms with Gasteiger partial charge in [-0.25, -0.2) is 0 Å². The van der Waals surface area contributed by atoms with E-state index in [-0.39, 0.29) is 0 Å². The predicted molar refractivity (Wildman–Crippen MR) is 43.8 cm³/mol. The van der Waals surface area contributed by atoms with Gasteiger partial charge < -0.3 is 4.43 Å². The fourth-order valence-electron chi connectivity index (χ4n) is 0.601. The summed E-state index contributed by atoms with van der Waals surface area (Å²) >= 11 is 0. The summed E-state index contributed by atoms with van der Waals surface area (Å²) < 4.78 is 5.20. The second-order valence-corrected chi connectivity index (χ2v) is 3.92. The first kappa shape index (κ1) is 8.66. The third-order valence-corrected chi connectivity index (χ3v) is 3.11. The van der Waals surface area contributed by atoms with Gasteiger partial charge >= 0.3 is 0 Å². The number of hydrogen-bond acceptors (Lipinski definition) is 1. The van der Waals surface area contributed by atoms with Gasteiger partial charge in [0.15, 0.2) is 0 Å². The first-order valence-electron chi connectivity index (χ1n) is 3.13. The molecule has 9 heavy (non-hydrogen) atoms.